The summed E-state index contributed by atoms with van der Waals surface area (Å²) in [6.07, 6.45) is 6.48. The van der Waals surface area contributed by atoms with Crippen LogP contribution < -0.4 is 0 Å². The average Bonchev–Trinajstić information content (AvgIpc) is 3.13. The van der Waals surface area contributed by atoms with E-state index >= 15 is 0 Å². The Morgan fingerprint density at radius 3 is 1.61 bits per heavy atom. The van der Waals surface area contributed by atoms with Gasteiger partial charge in [0.25, 0.3) is 0 Å². The molecule has 3 aliphatic rings. The van der Waals surface area contributed by atoms with Crippen LogP contribution in [0.1, 0.15) is 32.1 Å². The van der Waals surface area contributed by atoms with Gasteiger partial charge in [0.05, 0.1) is 11.7 Å². The van der Waals surface area contributed by atoms with Crippen LogP contribution in [0.3, 0.4) is 0 Å². The Labute approximate surface area is 176 Å². The molecule has 0 radical (unpaired) electrons. The van der Waals surface area contributed by atoms with Gasteiger partial charge in [-0.05, 0) is 84.2 Å². The summed E-state index contributed by atoms with van der Waals surface area (Å²) in [5.41, 5.74) is 0.0978. The van der Waals surface area contributed by atoms with Crippen LogP contribution in [0.25, 0.3) is 0 Å². The molecule has 0 aromatic heterocycles. The third-order valence-electron chi connectivity index (χ3n) is 5.62. The molecule has 3 fully saturated rings. The van der Waals surface area contributed by atoms with Crippen LogP contribution in [0.5, 0.6) is 0 Å². The molecule has 164 valence electrons. The van der Waals surface area contributed by atoms with E-state index in [1.54, 1.807) is 0 Å². The van der Waals surface area contributed by atoms with Crippen molar-refractivity contribution in [2.45, 2.75) is 109 Å². The van der Waals surface area contributed by atoms with Crippen molar-refractivity contribution in [2.75, 3.05) is 0 Å². The molecule has 2 heterocycles. The molecule has 28 heavy (non-hydrogen) atoms. The first kappa shape index (κ1) is 23.5. The van der Waals surface area contributed by atoms with Crippen LogP contribution in [0.4, 0.5) is 0 Å². The Kier molecular flexibility index (Phi) is 6.27. The highest BCUT2D eigenvalue weighted by Crippen LogP contribution is 2.51. The second-order valence-electron chi connectivity index (χ2n) is 10.7. The third kappa shape index (κ3) is 5.96. The van der Waals surface area contributed by atoms with Gasteiger partial charge in [0.15, 0.2) is 0 Å². The van der Waals surface area contributed by atoms with E-state index in [-0.39, 0.29) is 5.60 Å². The largest absolute Gasteiger partial charge is 0.416 e. The summed E-state index contributed by atoms with van der Waals surface area (Å²) in [5, 5.41) is 0. The van der Waals surface area contributed by atoms with Crippen molar-refractivity contribution >= 4 is 42.8 Å². The van der Waals surface area contributed by atoms with Gasteiger partial charge in [0, 0.05) is 0 Å². The van der Waals surface area contributed by atoms with Crippen molar-refractivity contribution in [3.63, 3.8) is 0 Å². The first-order valence-corrected chi connectivity index (χ1v) is 24.5. The van der Waals surface area contributed by atoms with Crippen LogP contribution in [-0.2, 0) is 25.3 Å². The van der Waals surface area contributed by atoms with Crippen LogP contribution in [0, 0.1) is 0 Å². The fourth-order valence-electron chi connectivity index (χ4n) is 5.35. The van der Waals surface area contributed by atoms with E-state index in [1.165, 1.54) is 25.7 Å². The molecule has 0 amide bonds. The minimum Gasteiger partial charge on any atom is -0.416 e. The predicted octanol–water partition coefficient (Wildman–Crippen LogP) is 5.06. The molecule has 3 rings (SSSR count). The van der Waals surface area contributed by atoms with Crippen molar-refractivity contribution in [3.8, 4) is 0 Å². The minimum absolute atomic E-state index is 0.0978. The van der Waals surface area contributed by atoms with Crippen molar-refractivity contribution in [3.05, 3.63) is 0 Å². The van der Waals surface area contributed by atoms with Gasteiger partial charge in [0.2, 0.25) is 0 Å². The fraction of sp³-hybridized carbons (Fsp3) is 1.00. The van der Waals surface area contributed by atoms with Crippen LogP contribution >= 0.6 is 0 Å². The molecule has 0 bridgehead atoms. The zero-order valence-corrected chi connectivity index (χ0v) is 24.3. The number of hydrogen-bond donors (Lipinski definition) is 0. The Hall–Kier alpha value is 0.844. The van der Waals surface area contributed by atoms with Crippen molar-refractivity contribution < 1.29 is 25.3 Å². The Morgan fingerprint density at radius 2 is 1.14 bits per heavy atom. The monoisotopic (exact) mass is 480 g/mol. The number of hydrogen-bond acceptors (Lipinski definition) is 6. The zero-order valence-electron chi connectivity index (χ0n) is 19.3. The van der Waals surface area contributed by atoms with Gasteiger partial charge in [0.1, 0.15) is 0 Å². The standard InChI is InChI=1S/C17H40O6Si5/c1-24(2)19-25(3,4)21-27(7,8)23-28(9,22-26(5,6)20-24)15-14-17-13-11-10-12-16(17)18-17/h16H,10-15H2,1-9H3. The van der Waals surface area contributed by atoms with Crippen LogP contribution in [-0.4, -0.2) is 54.5 Å². The molecule has 2 aliphatic heterocycles. The minimum atomic E-state index is -2.49. The molecule has 1 aliphatic carbocycles. The highest BCUT2D eigenvalue weighted by Gasteiger charge is 2.59. The molecule has 11 heteroatoms. The Bertz CT molecular complexity index is 569. The maximum absolute atomic E-state index is 6.80. The lowest BCUT2D eigenvalue weighted by molar-refractivity contribution is 0.228. The molecule has 2 atom stereocenters. The molecule has 2 unspecified atom stereocenters. The Morgan fingerprint density at radius 1 is 0.679 bits per heavy atom. The third-order valence-corrected chi connectivity index (χ3v) is 26.0. The average molecular weight is 481 g/mol. The molecule has 0 N–H and O–H groups in total. The number of fused-ring (bicyclic) bond motifs is 1. The van der Waals surface area contributed by atoms with Gasteiger partial charge < -0.3 is 25.3 Å². The fourth-order valence-corrected chi connectivity index (χ4v) is 32.3. The predicted molar refractivity (Wildman–Crippen MR) is 122 cm³/mol. The van der Waals surface area contributed by atoms with Gasteiger partial charge in [-0.25, -0.2) is 0 Å². The smallest absolute Gasteiger partial charge is 0.317 e. The SMILES string of the molecule is C[Si]1(C)O[Si](C)(C)O[Si](C)(C)O[Si](C)(CCC23CCCCC2O3)O[Si](C)(C)O1. The highest BCUT2D eigenvalue weighted by molar-refractivity contribution is 6.93. The number of rotatable bonds is 3. The topological polar surface area (TPSA) is 58.7 Å². The maximum Gasteiger partial charge on any atom is 0.317 e. The van der Waals surface area contributed by atoms with E-state index in [9.17, 15) is 0 Å². The molecular weight excluding hydrogens is 441 g/mol. The second kappa shape index (κ2) is 7.47. The van der Waals surface area contributed by atoms with Crippen molar-refractivity contribution in [2.24, 2.45) is 0 Å². The molecule has 6 nitrogen and oxygen atoms in total. The number of ether oxygens (including phenoxy) is 1. The lowest BCUT2D eigenvalue weighted by Gasteiger charge is -2.47. The summed E-state index contributed by atoms with van der Waals surface area (Å²) in [5.74, 6) is 0. The molecule has 0 spiro atoms. The lowest BCUT2D eigenvalue weighted by atomic mass is 9.87. The van der Waals surface area contributed by atoms with Crippen LogP contribution in [0.15, 0.2) is 0 Å². The summed E-state index contributed by atoms with van der Waals surface area (Å²) in [4.78, 5) is 0. The normalized spacial score (nSPS) is 38.2. The summed E-state index contributed by atoms with van der Waals surface area (Å²) < 4.78 is 39.3. The van der Waals surface area contributed by atoms with E-state index in [4.69, 9.17) is 25.3 Å². The molecular formula is C17H40O6Si5. The first-order chi connectivity index (χ1) is 12.6. The summed E-state index contributed by atoms with van der Waals surface area (Å²) >= 11 is 0. The highest BCUT2D eigenvalue weighted by atomic mass is 28.5. The molecule has 0 aromatic rings. The molecule has 0 aromatic carbocycles. The van der Waals surface area contributed by atoms with Crippen LogP contribution in [0.2, 0.25) is 65.0 Å². The van der Waals surface area contributed by atoms with E-state index in [1.807, 2.05) is 0 Å². The second-order valence-corrected chi connectivity index (χ2v) is 28.7. The summed E-state index contributed by atoms with van der Waals surface area (Å²) in [7, 11) is -12.0. The molecule has 2 saturated heterocycles. The van der Waals surface area contributed by atoms with Gasteiger partial charge in [-0.2, -0.15) is 0 Å². The van der Waals surface area contributed by atoms with E-state index in [0.717, 1.165) is 12.5 Å². The number of epoxide rings is 1. The maximum atomic E-state index is 6.80. The van der Waals surface area contributed by atoms with Gasteiger partial charge >= 0.3 is 42.8 Å². The summed E-state index contributed by atoms with van der Waals surface area (Å²) in [6, 6.07) is 0.938. The quantitative estimate of drug-likeness (QED) is 0.415. The van der Waals surface area contributed by atoms with E-state index in [2.05, 4.69) is 58.9 Å². The first-order valence-electron chi connectivity index (χ1n) is 10.7. The zero-order chi connectivity index (χ0) is 21.1. The Balaban J connectivity index is 1.81. The van der Waals surface area contributed by atoms with Gasteiger partial charge in [-0.15, -0.1) is 0 Å². The van der Waals surface area contributed by atoms with Gasteiger partial charge in [-0.3, -0.25) is 0 Å². The van der Waals surface area contributed by atoms with Crippen molar-refractivity contribution in [1.29, 1.82) is 0 Å². The summed E-state index contributed by atoms with van der Waals surface area (Å²) in [6.45, 7) is 19.2. The molecule has 1 saturated carbocycles. The van der Waals surface area contributed by atoms with Crippen molar-refractivity contribution in [1.82, 2.24) is 0 Å². The van der Waals surface area contributed by atoms with E-state index in [0.29, 0.717) is 6.10 Å². The lowest BCUT2D eigenvalue weighted by Crippen LogP contribution is -2.64. The van der Waals surface area contributed by atoms with E-state index < -0.39 is 42.8 Å². The van der Waals surface area contributed by atoms with Gasteiger partial charge in [-0.1, -0.05) is 12.8 Å².